The molecule has 120 valence electrons. The summed E-state index contributed by atoms with van der Waals surface area (Å²) in [6, 6.07) is 0. The summed E-state index contributed by atoms with van der Waals surface area (Å²) in [6.45, 7) is 8.15. The average molecular weight is 316 g/mol. The molecule has 0 bridgehead atoms. The lowest BCUT2D eigenvalue weighted by molar-refractivity contribution is -0.139. The van der Waals surface area contributed by atoms with Crippen molar-refractivity contribution >= 4 is 22.4 Å². The lowest BCUT2D eigenvalue weighted by Gasteiger charge is -2.21. The van der Waals surface area contributed by atoms with E-state index >= 15 is 0 Å². The topological polar surface area (TPSA) is 60.9 Å². The van der Waals surface area contributed by atoms with Gasteiger partial charge in [-0.2, -0.15) is 0 Å². The minimum Gasteiger partial charge on any atom is -0.469 e. The van der Waals surface area contributed by atoms with Crippen molar-refractivity contribution in [3.05, 3.63) is 11.1 Å². The van der Waals surface area contributed by atoms with Gasteiger partial charge in [-0.1, -0.05) is 0 Å². The van der Waals surface area contributed by atoms with Crippen LogP contribution in [0.15, 0.2) is 5.38 Å². The molecule has 0 saturated heterocycles. The van der Waals surface area contributed by atoms with Crippen LogP contribution in [0.4, 0.5) is 5.13 Å². The van der Waals surface area contributed by atoms with Crippen LogP contribution in [-0.2, 0) is 25.4 Å². The van der Waals surface area contributed by atoms with Crippen LogP contribution in [0.5, 0.6) is 0 Å². The third-order valence-electron chi connectivity index (χ3n) is 2.78. The Morgan fingerprint density at radius 2 is 1.86 bits per heavy atom. The third kappa shape index (κ3) is 6.88. The molecule has 0 atom stereocenters. The second-order valence-electron chi connectivity index (χ2n) is 4.26. The van der Waals surface area contributed by atoms with Crippen LogP contribution in [0.3, 0.4) is 0 Å². The van der Waals surface area contributed by atoms with Crippen LogP contribution in [-0.4, -0.2) is 57.6 Å². The molecule has 1 heterocycles. The van der Waals surface area contributed by atoms with Crippen LogP contribution in [0.1, 0.15) is 19.5 Å². The van der Waals surface area contributed by atoms with E-state index in [9.17, 15) is 4.79 Å². The standard InChI is InChI=1S/C14H24N2O4S/c1-4-19-8-6-16(7-9-20-5-2)14-15-12(11-21-14)10-13(17)18-3/h11H,4-10H2,1-3H3. The van der Waals surface area contributed by atoms with Gasteiger partial charge in [0.25, 0.3) is 0 Å². The first-order valence-electron chi connectivity index (χ1n) is 7.12. The number of carbonyl (C=O) groups excluding carboxylic acids is 1. The van der Waals surface area contributed by atoms with Crippen molar-refractivity contribution in [2.75, 3.05) is 51.5 Å². The van der Waals surface area contributed by atoms with Gasteiger partial charge in [0.1, 0.15) is 0 Å². The van der Waals surface area contributed by atoms with E-state index in [0.717, 1.165) is 23.9 Å². The number of esters is 1. The predicted octanol–water partition coefficient (Wildman–Crippen LogP) is 1.74. The Morgan fingerprint density at radius 1 is 1.24 bits per heavy atom. The van der Waals surface area contributed by atoms with Crippen molar-refractivity contribution in [1.82, 2.24) is 4.98 Å². The molecule has 0 unspecified atom stereocenters. The van der Waals surface area contributed by atoms with Crippen LogP contribution in [0.25, 0.3) is 0 Å². The quantitative estimate of drug-likeness (QED) is 0.458. The zero-order valence-corrected chi connectivity index (χ0v) is 13.8. The van der Waals surface area contributed by atoms with Crippen molar-refractivity contribution in [3.8, 4) is 0 Å². The Balaban J connectivity index is 2.60. The molecule has 0 saturated carbocycles. The van der Waals surface area contributed by atoms with Gasteiger partial charge in [0, 0.05) is 31.7 Å². The highest BCUT2D eigenvalue weighted by molar-refractivity contribution is 7.13. The minimum absolute atomic E-state index is 0.206. The Bertz CT molecular complexity index is 401. The smallest absolute Gasteiger partial charge is 0.311 e. The number of thiazole rings is 1. The largest absolute Gasteiger partial charge is 0.469 e. The molecule has 0 spiro atoms. The molecule has 0 aliphatic rings. The Kier molecular flexibility index (Phi) is 8.96. The van der Waals surface area contributed by atoms with Crippen molar-refractivity contribution in [2.24, 2.45) is 0 Å². The maximum Gasteiger partial charge on any atom is 0.311 e. The maximum absolute atomic E-state index is 11.3. The summed E-state index contributed by atoms with van der Waals surface area (Å²) < 4.78 is 15.5. The summed E-state index contributed by atoms with van der Waals surface area (Å²) in [5, 5.41) is 2.77. The van der Waals surface area contributed by atoms with Gasteiger partial charge in [-0.25, -0.2) is 4.98 Å². The van der Waals surface area contributed by atoms with Crippen LogP contribution >= 0.6 is 11.3 Å². The second kappa shape index (κ2) is 10.5. The Hall–Kier alpha value is -1.18. The van der Waals surface area contributed by atoms with E-state index < -0.39 is 0 Å². The second-order valence-corrected chi connectivity index (χ2v) is 5.09. The highest BCUT2D eigenvalue weighted by Gasteiger charge is 2.13. The van der Waals surface area contributed by atoms with Gasteiger partial charge in [0.2, 0.25) is 0 Å². The number of anilines is 1. The number of ether oxygens (including phenoxy) is 3. The molecule has 0 aromatic carbocycles. The normalized spacial score (nSPS) is 10.6. The summed E-state index contributed by atoms with van der Waals surface area (Å²) in [4.78, 5) is 17.9. The fraction of sp³-hybridized carbons (Fsp3) is 0.714. The van der Waals surface area contributed by atoms with Gasteiger partial charge in [-0.15, -0.1) is 11.3 Å². The van der Waals surface area contributed by atoms with Crippen molar-refractivity contribution in [3.63, 3.8) is 0 Å². The summed E-state index contributed by atoms with van der Waals surface area (Å²) in [5.41, 5.74) is 0.736. The third-order valence-corrected chi connectivity index (χ3v) is 3.73. The summed E-state index contributed by atoms with van der Waals surface area (Å²) in [6.07, 6.45) is 0.206. The van der Waals surface area contributed by atoms with Gasteiger partial charge in [0.15, 0.2) is 5.13 Å². The lowest BCUT2D eigenvalue weighted by Crippen LogP contribution is -2.31. The first-order chi connectivity index (χ1) is 10.2. The van der Waals surface area contributed by atoms with E-state index in [1.165, 1.54) is 18.4 Å². The minimum atomic E-state index is -0.276. The highest BCUT2D eigenvalue weighted by atomic mass is 32.1. The fourth-order valence-electron chi connectivity index (χ4n) is 1.68. The Morgan fingerprint density at radius 3 is 2.38 bits per heavy atom. The predicted molar refractivity (Wildman–Crippen MR) is 83.0 cm³/mol. The number of nitrogens with zero attached hydrogens (tertiary/aromatic N) is 2. The number of rotatable bonds is 11. The lowest BCUT2D eigenvalue weighted by atomic mass is 10.3. The molecule has 0 aliphatic carbocycles. The molecule has 1 rings (SSSR count). The fourth-order valence-corrected chi connectivity index (χ4v) is 2.56. The van der Waals surface area contributed by atoms with Crippen LogP contribution in [0, 0.1) is 0 Å². The van der Waals surface area contributed by atoms with E-state index in [2.05, 4.69) is 14.6 Å². The molecule has 0 fully saturated rings. The molecular formula is C14H24N2O4S. The van der Waals surface area contributed by atoms with Crippen molar-refractivity contribution in [2.45, 2.75) is 20.3 Å². The van der Waals surface area contributed by atoms with Gasteiger partial charge < -0.3 is 19.1 Å². The number of aromatic nitrogens is 1. The summed E-state index contributed by atoms with van der Waals surface area (Å²) in [5.74, 6) is -0.276. The van der Waals surface area contributed by atoms with E-state index in [4.69, 9.17) is 9.47 Å². The zero-order valence-electron chi connectivity index (χ0n) is 13.0. The molecule has 0 amide bonds. The first-order valence-corrected chi connectivity index (χ1v) is 8.00. The highest BCUT2D eigenvalue weighted by Crippen LogP contribution is 2.20. The number of methoxy groups -OCH3 is 1. The summed E-state index contributed by atoms with van der Waals surface area (Å²) >= 11 is 1.52. The van der Waals surface area contributed by atoms with Crippen molar-refractivity contribution in [1.29, 1.82) is 0 Å². The molecule has 21 heavy (non-hydrogen) atoms. The van der Waals surface area contributed by atoms with E-state index in [-0.39, 0.29) is 12.4 Å². The van der Waals surface area contributed by atoms with E-state index in [1.807, 2.05) is 19.2 Å². The molecule has 0 N–H and O–H groups in total. The van der Waals surface area contributed by atoms with Gasteiger partial charge in [-0.3, -0.25) is 4.79 Å². The van der Waals surface area contributed by atoms with Gasteiger partial charge in [0.05, 0.1) is 32.4 Å². The number of hydrogen-bond donors (Lipinski definition) is 0. The van der Waals surface area contributed by atoms with Gasteiger partial charge >= 0.3 is 5.97 Å². The first kappa shape index (κ1) is 17.9. The monoisotopic (exact) mass is 316 g/mol. The molecule has 6 nitrogen and oxygen atoms in total. The SMILES string of the molecule is CCOCCN(CCOCC)c1nc(CC(=O)OC)cs1. The zero-order chi connectivity index (χ0) is 15.5. The summed E-state index contributed by atoms with van der Waals surface area (Å²) in [7, 11) is 1.38. The van der Waals surface area contributed by atoms with E-state index in [0.29, 0.717) is 26.4 Å². The molecule has 0 aliphatic heterocycles. The Labute approximate surface area is 130 Å². The maximum atomic E-state index is 11.3. The average Bonchev–Trinajstić information content (AvgIpc) is 2.94. The van der Waals surface area contributed by atoms with Gasteiger partial charge in [-0.05, 0) is 13.8 Å². The molecule has 1 aromatic rings. The molecular weight excluding hydrogens is 292 g/mol. The molecule has 0 radical (unpaired) electrons. The van der Waals surface area contributed by atoms with Crippen LogP contribution in [0.2, 0.25) is 0 Å². The number of carbonyl (C=O) groups is 1. The van der Waals surface area contributed by atoms with E-state index in [1.54, 1.807) is 0 Å². The van der Waals surface area contributed by atoms with Crippen LogP contribution < -0.4 is 4.90 Å². The molecule has 1 aromatic heterocycles. The molecule has 7 heteroatoms. The number of hydrogen-bond acceptors (Lipinski definition) is 7. The van der Waals surface area contributed by atoms with Crippen molar-refractivity contribution < 1.29 is 19.0 Å².